The van der Waals surface area contributed by atoms with Crippen LogP contribution in [-0.2, 0) is 76.7 Å². The van der Waals surface area contributed by atoms with Crippen molar-refractivity contribution in [3.63, 3.8) is 0 Å². The van der Waals surface area contributed by atoms with Gasteiger partial charge in [0, 0.05) is 0 Å². The van der Waals surface area contributed by atoms with Crippen LogP contribution in [0.2, 0.25) is 0 Å². The van der Waals surface area contributed by atoms with Gasteiger partial charge in [-0.25, -0.2) is 0 Å². The van der Waals surface area contributed by atoms with Crippen molar-refractivity contribution < 1.29 is 27.9 Å². The predicted octanol–water partition coefficient (Wildman–Crippen LogP) is 29.8. The van der Waals surface area contributed by atoms with Gasteiger partial charge in [-0.15, -0.1) is 0 Å². The van der Waals surface area contributed by atoms with Gasteiger partial charge in [0.2, 0.25) is 0 Å². The van der Waals surface area contributed by atoms with Gasteiger partial charge in [0.05, 0.1) is 33.6 Å². The SMILES string of the molecule is CC(C)(C)c1cc2cc(B3OC(C)(C)C(C)(C)O3)cc3c4cc(C(C)(C)C)cc5cc(C(C)(C)C)cc(c(c1)c23)c54.CC(C)(C)c1cc2cc(C(C)(C)C)cc3c4cc(B5OC(C)(C)C(C)(C)O5)cc5cc(B6OC(C)(C)C(C)(C)O6)cc(c(c1)c23)c54.CC(C)(C)c1cc2cc(C(C)(C)C)cc3c4cc(C(C)(C)C)cc5cc(C(C)(C)C)cc(c(c1)c23)c54. The lowest BCUT2D eigenvalue weighted by Gasteiger charge is -2.32. The molecule has 3 saturated heterocycles. The molecule has 0 aliphatic carbocycles. The monoisotopic (exact) mass is 1640 g/mol. The lowest BCUT2D eigenvalue weighted by molar-refractivity contribution is 0.00578. The van der Waals surface area contributed by atoms with Crippen LogP contribution in [0.5, 0.6) is 0 Å². The molecule has 642 valence electrons. The molecule has 3 fully saturated rings. The highest BCUT2D eigenvalue weighted by atomic mass is 16.7. The van der Waals surface area contributed by atoms with Crippen LogP contribution in [0.25, 0.3) is 129 Å². The zero-order valence-electron chi connectivity index (χ0n) is 82.5. The fourth-order valence-corrected chi connectivity index (χ4v) is 19.0. The van der Waals surface area contributed by atoms with Gasteiger partial charge >= 0.3 is 21.4 Å². The molecule has 3 aliphatic rings. The summed E-state index contributed by atoms with van der Waals surface area (Å²) in [4.78, 5) is 0. The van der Waals surface area contributed by atoms with Crippen molar-refractivity contribution >= 4 is 167 Å². The van der Waals surface area contributed by atoms with E-state index in [9.17, 15) is 0 Å². The summed E-state index contributed by atoms with van der Waals surface area (Å²) >= 11 is 0. The highest BCUT2D eigenvalue weighted by Crippen LogP contribution is 2.52. The Balaban J connectivity index is 0.000000138. The van der Waals surface area contributed by atoms with Crippen molar-refractivity contribution in [3.05, 3.63) is 196 Å². The van der Waals surface area contributed by atoms with E-state index in [0.717, 1.165) is 21.8 Å². The Labute approximate surface area is 738 Å². The molecule has 9 heteroatoms. The van der Waals surface area contributed by atoms with Gasteiger partial charge < -0.3 is 27.9 Å². The molecule has 0 N–H and O–H groups in total. The molecular formula is C114H141B3O6. The van der Waals surface area contributed by atoms with Crippen LogP contribution in [0.4, 0.5) is 0 Å². The molecule has 0 bridgehead atoms. The fraction of sp³-hybridized carbons (Fsp3) is 0.474. The van der Waals surface area contributed by atoms with E-state index in [-0.39, 0.29) is 48.7 Å². The molecular weight excluding hydrogens is 1500 g/mol. The highest BCUT2D eigenvalue weighted by Gasteiger charge is 2.55. The number of hydrogen-bond acceptors (Lipinski definition) is 6. The van der Waals surface area contributed by atoms with Crippen LogP contribution in [-0.4, -0.2) is 55.0 Å². The third-order valence-electron chi connectivity index (χ3n) is 29.5. The zero-order chi connectivity index (χ0) is 90.2. The summed E-state index contributed by atoms with van der Waals surface area (Å²) in [6.07, 6.45) is 0. The summed E-state index contributed by atoms with van der Waals surface area (Å²) in [6.45, 7) is 88.2. The third-order valence-corrected chi connectivity index (χ3v) is 29.5. The second-order valence-electron chi connectivity index (χ2n) is 50.0. The lowest BCUT2D eigenvalue weighted by Crippen LogP contribution is -2.41. The van der Waals surface area contributed by atoms with Crippen LogP contribution in [0, 0.1) is 0 Å². The van der Waals surface area contributed by atoms with Gasteiger partial charge in [-0.3, -0.25) is 0 Å². The molecule has 0 aromatic heterocycles. The average Bonchev–Trinajstić information content (AvgIpc) is 1.05. The Morgan fingerprint density at radius 2 is 0.260 bits per heavy atom. The minimum absolute atomic E-state index is 0.00800. The first-order chi connectivity index (χ1) is 56.0. The minimum Gasteiger partial charge on any atom is -0.399 e. The summed E-state index contributed by atoms with van der Waals surface area (Å²) in [5.74, 6) is 0. The molecule has 123 heavy (non-hydrogen) atoms. The van der Waals surface area contributed by atoms with Crippen molar-refractivity contribution in [1.82, 2.24) is 0 Å². The molecule has 3 aliphatic heterocycles. The quantitative estimate of drug-likeness (QED) is 0.0998. The molecule has 0 radical (unpaired) electrons. The van der Waals surface area contributed by atoms with Gasteiger partial charge in [-0.1, -0.05) is 278 Å². The minimum atomic E-state index is -0.472. The molecule has 0 saturated carbocycles. The molecule has 0 unspecified atom stereocenters. The van der Waals surface area contributed by atoms with Gasteiger partial charge in [0.1, 0.15) is 0 Å². The first-order valence-corrected chi connectivity index (χ1v) is 45.9. The summed E-state index contributed by atoms with van der Waals surface area (Å²) < 4.78 is 39.7. The maximum Gasteiger partial charge on any atom is 0.494 e. The largest absolute Gasteiger partial charge is 0.494 e. The summed E-state index contributed by atoms with van der Waals surface area (Å²) in [5.41, 5.74) is 13.4. The van der Waals surface area contributed by atoms with E-state index in [1.807, 2.05) is 0 Å². The zero-order valence-corrected chi connectivity index (χ0v) is 82.5. The van der Waals surface area contributed by atoms with Gasteiger partial charge in [-0.2, -0.15) is 0 Å². The van der Waals surface area contributed by atoms with E-state index in [4.69, 9.17) is 27.9 Å². The Kier molecular flexibility index (Phi) is 20.0. The maximum absolute atomic E-state index is 6.63. The molecule has 15 aromatic carbocycles. The number of fused-ring (bicyclic) bond motifs is 6. The maximum atomic E-state index is 6.63. The van der Waals surface area contributed by atoms with Gasteiger partial charge in [0.15, 0.2) is 0 Å². The topological polar surface area (TPSA) is 55.4 Å². The van der Waals surface area contributed by atoms with E-state index < -0.39 is 55.0 Å². The molecule has 3 heterocycles. The Morgan fingerprint density at radius 1 is 0.154 bits per heavy atom. The first kappa shape index (κ1) is 88.6. The van der Waals surface area contributed by atoms with Crippen molar-refractivity contribution in [2.75, 3.05) is 0 Å². The van der Waals surface area contributed by atoms with E-state index in [1.54, 1.807) is 0 Å². The number of hydrogen-bond donors (Lipinski definition) is 0. The first-order valence-electron chi connectivity index (χ1n) is 45.9. The van der Waals surface area contributed by atoms with Gasteiger partial charge in [-0.05, 0) is 382 Å². The Morgan fingerprint density at radius 3 is 0.382 bits per heavy atom. The third kappa shape index (κ3) is 15.2. The Bertz CT molecular complexity index is 6380. The molecule has 0 spiro atoms. The number of rotatable bonds is 3. The van der Waals surface area contributed by atoms with E-state index in [0.29, 0.717) is 0 Å². The van der Waals surface area contributed by atoms with Crippen molar-refractivity contribution in [2.45, 2.75) is 352 Å². The summed E-state index contributed by atoms with van der Waals surface area (Å²) in [5, 5.41) is 31.8. The van der Waals surface area contributed by atoms with Crippen molar-refractivity contribution in [3.8, 4) is 0 Å². The van der Waals surface area contributed by atoms with Crippen LogP contribution in [0.1, 0.15) is 320 Å². The Hall–Kier alpha value is -7.85. The smallest absolute Gasteiger partial charge is 0.399 e. The molecule has 6 nitrogen and oxygen atoms in total. The van der Waals surface area contributed by atoms with Gasteiger partial charge in [0.25, 0.3) is 0 Å². The molecule has 18 rings (SSSR count). The second-order valence-corrected chi connectivity index (χ2v) is 50.0. The molecule has 0 atom stereocenters. The number of benzene rings is 15. The molecule has 15 aromatic rings. The van der Waals surface area contributed by atoms with E-state index >= 15 is 0 Å². The van der Waals surface area contributed by atoms with E-state index in [2.05, 4.69) is 416 Å². The highest BCUT2D eigenvalue weighted by molar-refractivity contribution is 6.65. The fourth-order valence-electron chi connectivity index (χ4n) is 19.0. The normalized spacial score (nSPS) is 18.0. The lowest BCUT2D eigenvalue weighted by atomic mass is 9.72. The average molecular weight is 1640 g/mol. The standard InChI is InChI=1S/C40H50B2O4.C38H47BO2.C36H44/c1-35(2,3)25-15-23-16-26(36(4,5)6)20-30-32-22-28(42-45-39(11,12)40(13,14)46-42)18-24-17-27(41-43-37(7,8)38(9,10)44-41)21-31(34(24)32)29(19-25)33(23)30;1-34(2,3)24-14-22-15-25(35(4,5)6)20-30-31-21-27(39-40-37(10,11)38(12,13)41-39)17-23-16-26(36(7,8)9)19-29(33(23)31)28(18-24)32(22)30;1-33(2,3)23-13-21-14-24(34(4,5)6)19-29-30-20-26(36(10,11)12)16-22-15-25(35(7,8)9)18-28(32(22)30)27(17-23)31(21)29/h15-22H,1-14H3;14-21H,1-13H3;13-20H,1-12H3. The van der Waals surface area contributed by atoms with Crippen molar-refractivity contribution in [2.24, 2.45) is 0 Å². The van der Waals surface area contributed by atoms with Crippen LogP contribution in [0.3, 0.4) is 0 Å². The second kappa shape index (κ2) is 27.8. The summed E-state index contributed by atoms with van der Waals surface area (Å²) in [7, 11) is -1.35. The summed E-state index contributed by atoms with van der Waals surface area (Å²) in [6, 6.07) is 58.0. The van der Waals surface area contributed by atoms with Crippen LogP contribution in [0.15, 0.2) is 146 Å². The van der Waals surface area contributed by atoms with Crippen molar-refractivity contribution in [1.29, 1.82) is 0 Å². The predicted molar refractivity (Wildman–Crippen MR) is 538 cm³/mol. The van der Waals surface area contributed by atoms with Crippen LogP contribution < -0.4 is 16.4 Å². The van der Waals surface area contributed by atoms with Crippen LogP contribution >= 0.6 is 0 Å². The van der Waals surface area contributed by atoms with E-state index in [1.165, 1.54) is 174 Å². The molecule has 0 amide bonds.